The number of rotatable bonds is 9. The standard InChI is InChI=1S/C70H54BN3S/c1-46(2)51-42-63-68-64(43-51)74(58-40-52(47-22-9-5-10-23-47)38-53(41-58)48-24-11-6-12-25-48)69-67(59-33-18-19-34-60(59)70(69,3)4)71(68)61-37-36-57(72(54-28-13-7-14-29-54)55-30-15-8-16-31-55)45-62(61)73(63)56-32-21-27-49(39-56)66-44-50-26-17-20-35-65(50)75-66/h5-46H,1-4H3. The Morgan fingerprint density at radius 2 is 1.03 bits per heavy atom. The minimum Gasteiger partial charge on any atom is -0.314 e. The van der Waals surface area contributed by atoms with Gasteiger partial charge < -0.3 is 14.7 Å². The van der Waals surface area contributed by atoms with Crippen molar-refractivity contribution in [3.05, 3.63) is 271 Å². The van der Waals surface area contributed by atoms with E-state index in [2.05, 4.69) is 291 Å². The van der Waals surface area contributed by atoms with Gasteiger partial charge in [0.1, 0.15) is 0 Å². The highest BCUT2D eigenvalue weighted by atomic mass is 32.1. The van der Waals surface area contributed by atoms with E-state index in [0.717, 1.165) is 28.4 Å². The van der Waals surface area contributed by atoms with Crippen molar-refractivity contribution in [2.24, 2.45) is 0 Å². The molecule has 75 heavy (non-hydrogen) atoms. The minimum atomic E-state index is -0.347. The average Bonchev–Trinajstić information content (AvgIpc) is 4.05. The Kier molecular flexibility index (Phi) is 10.7. The van der Waals surface area contributed by atoms with E-state index in [1.807, 2.05) is 11.3 Å². The Morgan fingerprint density at radius 3 is 1.68 bits per heavy atom. The van der Waals surface area contributed by atoms with Crippen LogP contribution in [0.15, 0.2) is 254 Å². The first-order valence-corrected chi connectivity index (χ1v) is 27.1. The number of benzene rings is 10. The third-order valence-corrected chi connectivity index (χ3v) is 17.1. The molecule has 358 valence electrons. The van der Waals surface area contributed by atoms with Crippen LogP contribution in [0.25, 0.3) is 48.3 Å². The van der Waals surface area contributed by atoms with Crippen LogP contribution in [0.2, 0.25) is 0 Å². The van der Waals surface area contributed by atoms with E-state index in [-0.39, 0.29) is 18.0 Å². The van der Waals surface area contributed by atoms with Crippen molar-refractivity contribution in [1.82, 2.24) is 0 Å². The lowest BCUT2D eigenvalue weighted by atomic mass is 9.32. The number of para-hydroxylation sites is 2. The molecule has 0 fully saturated rings. The van der Waals surface area contributed by atoms with E-state index in [4.69, 9.17) is 0 Å². The molecule has 0 atom stereocenters. The molecule has 5 heteroatoms. The minimum absolute atomic E-state index is 0.0655. The predicted molar refractivity (Wildman–Crippen MR) is 322 cm³/mol. The molecule has 0 bridgehead atoms. The molecule has 3 heterocycles. The lowest BCUT2D eigenvalue weighted by Crippen LogP contribution is -2.56. The zero-order chi connectivity index (χ0) is 50.4. The number of allylic oxidation sites excluding steroid dienone is 1. The van der Waals surface area contributed by atoms with Gasteiger partial charge in [-0.05, 0) is 163 Å². The second-order valence-corrected chi connectivity index (χ2v) is 22.2. The SMILES string of the molecule is CC(C)c1cc2c3c(c1)N(c1cccc(-c4cc5ccccc5s4)c1)c1cc(N(c4ccccc4)c4ccccc4)ccc1B3C1=C(N2c2cc(-c3ccccc3)cc(-c3ccccc3)c2)C(C)(C)c2ccccc21. The highest BCUT2D eigenvalue weighted by Crippen LogP contribution is 2.57. The number of anilines is 8. The van der Waals surface area contributed by atoms with Crippen LogP contribution in [0.1, 0.15) is 50.3 Å². The summed E-state index contributed by atoms with van der Waals surface area (Å²) in [4.78, 5) is 8.96. The van der Waals surface area contributed by atoms with Crippen molar-refractivity contribution < 1.29 is 0 Å². The molecule has 3 nitrogen and oxygen atoms in total. The summed E-state index contributed by atoms with van der Waals surface area (Å²) < 4.78 is 1.30. The van der Waals surface area contributed by atoms with Crippen LogP contribution in [0.4, 0.5) is 45.5 Å². The van der Waals surface area contributed by atoms with Crippen LogP contribution in [0.3, 0.4) is 0 Å². The fraction of sp³-hybridized carbons (Fsp3) is 0.0857. The Labute approximate surface area is 445 Å². The van der Waals surface area contributed by atoms with Crippen molar-refractivity contribution in [3.63, 3.8) is 0 Å². The molecular weight excluding hydrogens is 926 g/mol. The molecular formula is C70H54BN3S. The molecule has 0 saturated carbocycles. The highest BCUT2D eigenvalue weighted by molar-refractivity contribution is 7.22. The van der Waals surface area contributed by atoms with Gasteiger partial charge in [-0.15, -0.1) is 11.3 Å². The largest absolute Gasteiger partial charge is 0.314 e. The first-order valence-electron chi connectivity index (χ1n) is 26.3. The van der Waals surface area contributed by atoms with Gasteiger partial charge >= 0.3 is 0 Å². The van der Waals surface area contributed by atoms with E-state index < -0.39 is 0 Å². The maximum absolute atomic E-state index is 2.69. The number of fused-ring (bicyclic) bond motifs is 6. The molecule has 0 N–H and O–H groups in total. The van der Waals surface area contributed by atoms with Gasteiger partial charge in [0.2, 0.25) is 0 Å². The second-order valence-electron chi connectivity index (χ2n) is 21.1. The Bertz CT molecular complexity index is 3900. The molecule has 2 aliphatic heterocycles. The van der Waals surface area contributed by atoms with Gasteiger partial charge in [-0.1, -0.05) is 185 Å². The van der Waals surface area contributed by atoms with E-state index in [0.29, 0.717) is 0 Å². The van der Waals surface area contributed by atoms with Gasteiger partial charge in [0.25, 0.3) is 6.71 Å². The van der Waals surface area contributed by atoms with E-state index >= 15 is 0 Å². The normalized spacial score (nSPS) is 14.0. The maximum atomic E-state index is 2.69. The topological polar surface area (TPSA) is 9.72 Å². The average molecular weight is 980 g/mol. The molecule has 1 aliphatic carbocycles. The first-order chi connectivity index (χ1) is 36.8. The van der Waals surface area contributed by atoms with E-state index in [9.17, 15) is 0 Å². The Hall–Kier alpha value is -8.64. The Morgan fingerprint density at radius 1 is 0.453 bits per heavy atom. The van der Waals surface area contributed by atoms with Crippen LogP contribution < -0.4 is 25.6 Å². The number of thiophene rings is 1. The predicted octanol–water partition coefficient (Wildman–Crippen LogP) is 18.3. The fourth-order valence-corrected chi connectivity index (χ4v) is 13.5. The molecule has 0 radical (unpaired) electrons. The number of nitrogens with zero attached hydrogens (tertiary/aromatic N) is 3. The Balaban J connectivity index is 1.09. The number of hydrogen-bond donors (Lipinski definition) is 0. The summed E-state index contributed by atoms with van der Waals surface area (Å²) in [6, 6.07) is 92.7. The first kappa shape index (κ1) is 45.0. The summed E-state index contributed by atoms with van der Waals surface area (Å²) in [6.07, 6.45) is 0. The lowest BCUT2D eigenvalue weighted by Gasteiger charge is -2.47. The highest BCUT2D eigenvalue weighted by Gasteiger charge is 2.52. The quantitative estimate of drug-likeness (QED) is 0.133. The third kappa shape index (κ3) is 7.40. The maximum Gasteiger partial charge on any atom is 0.252 e. The molecule has 11 aromatic rings. The monoisotopic (exact) mass is 979 g/mol. The van der Waals surface area contributed by atoms with Crippen LogP contribution in [0, 0.1) is 0 Å². The summed E-state index contributed by atoms with van der Waals surface area (Å²) in [6.45, 7) is 9.54. The van der Waals surface area contributed by atoms with Crippen molar-refractivity contribution in [3.8, 4) is 32.7 Å². The van der Waals surface area contributed by atoms with Gasteiger partial charge in [0, 0.05) is 66.2 Å². The van der Waals surface area contributed by atoms with Crippen molar-refractivity contribution >= 4 is 90.0 Å². The lowest BCUT2D eigenvalue weighted by molar-refractivity contribution is 0.625. The van der Waals surface area contributed by atoms with Crippen molar-refractivity contribution in [2.75, 3.05) is 14.7 Å². The van der Waals surface area contributed by atoms with Crippen molar-refractivity contribution in [1.29, 1.82) is 0 Å². The molecule has 14 rings (SSSR count). The van der Waals surface area contributed by atoms with E-state index in [1.165, 1.54) is 98.6 Å². The summed E-state index contributed by atoms with van der Waals surface area (Å²) in [5.74, 6) is 0.248. The molecule has 10 aromatic carbocycles. The van der Waals surface area contributed by atoms with Crippen LogP contribution in [-0.4, -0.2) is 6.71 Å². The van der Waals surface area contributed by atoms with Crippen molar-refractivity contribution in [2.45, 2.75) is 39.0 Å². The molecule has 0 amide bonds. The smallest absolute Gasteiger partial charge is 0.252 e. The zero-order valence-electron chi connectivity index (χ0n) is 42.6. The molecule has 1 aromatic heterocycles. The van der Waals surface area contributed by atoms with E-state index in [1.54, 1.807) is 0 Å². The molecule has 0 unspecified atom stereocenters. The van der Waals surface area contributed by atoms with Gasteiger partial charge in [0.05, 0.1) is 0 Å². The van der Waals surface area contributed by atoms with Gasteiger partial charge in [-0.2, -0.15) is 0 Å². The molecule has 0 saturated heterocycles. The summed E-state index contributed by atoms with van der Waals surface area (Å²) in [5.41, 5.74) is 24.2. The molecule has 3 aliphatic rings. The third-order valence-electron chi connectivity index (χ3n) is 15.9. The van der Waals surface area contributed by atoms with Crippen LogP contribution in [-0.2, 0) is 5.41 Å². The zero-order valence-corrected chi connectivity index (χ0v) is 43.4. The van der Waals surface area contributed by atoms with Crippen LogP contribution in [0.5, 0.6) is 0 Å². The van der Waals surface area contributed by atoms with Gasteiger partial charge in [-0.25, -0.2) is 0 Å². The van der Waals surface area contributed by atoms with Crippen LogP contribution >= 0.6 is 11.3 Å². The number of hydrogen-bond acceptors (Lipinski definition) is 4. The van der Waals surface area contributed by atoms with Gasteiger partial charge in [-0.3, -0.25) is 0 Å². The summed E-state index contributed by atoms with van der Waals surface area (Å²) in [5, 5.41) is 1.27. The van der Waals surface area contributed by atoms with Gasteiger partial charge in [0.15, 0.2) is 0 Å². The second kappa shape index (κ2) is 17.8. The summed E-state index contributed by atoms with van der Waals surface area (Å²) >= 11 is 1.86. The summed E-state index contributed by atoms with van der Waals surface area (Å²) in [7, 11) is 0. The fourth-order valence-electron chi connectivity index (χ4n) is 12.4. The molecule has 0 spiro atoms.